The highest BCUT2D eigenvalue weighted by atomic mass is 14.8. The molecule has 0 aromatic heterocycles. The van der Waals surface area contributed by atoms with E-state index in [2.05, 4.69) is 170 Å². The minimum Gasteiger partial charge on any atom is -0.246 e. The van der Waals surface area contributed by atoms with Gasteiger partial charge in [0, 0.05) is 27.6 Å². The number of nitrogens with zero attached hydrogens (tertiary/aromatic N) is 1. The summed E-state index contributed by atoms with van der Waals surface area (Å²) in [6.45, 7) is 0. The van der Waals surface area contributed by atoms with E-state index in [-0.39, 0.29) is 5.92 Å². The van der Waals surface area contributed by atoms with Crippen LogP contribution >= 0.6 is 0 Å². The maximum Gasteiger partial charge on any atom is 0.0794 e. The van der Waals surface area contributed by atoms with Crippen LogP contribution < -0.4 is 10.6 Å². The van der Waals surface area contributed by atoms with Gasteiger partial charge in [0.1, 0.15) is 0 Å². The topological polar surface area (TPSA) is 12.4 Å². The van der Waals surface area contributed by atoms with E-state index in [4.69, 9.17) is 4.99 Å². The van der Waals surface area contributed by atoms with Crippen molar-refractivity contribution in [3.63, 3.8) is 0 Å². The second kappa shape index (κ2) is 10.2. The first-order valence-corrected chi connectivity index (χ1v) is 16.3. The van der Waals surface area contributed by atoms with Crippen LogP contribution in [0.25, 0.3) is 77.9 Å². The monoisotopic (exact) mass is 595 g/mol. The summed E-state index contributed by atoms with van der Waals surface area (Å²) in [5.41, 5.74) is 11.1. The molecule has 8 aromatic carbocycles. The van der Waals surface area contributed by atoms with E-state index in [9.17, 15) is 0 Å². The largest absolute Gasteiger partial charge is 0.246 e. The molecule has 0 spiro atoms. The second-order valence-corrected chi connectivity index (χ2v) is 12.6. The quantitative estimate of drug-likeness (QED) is 0.180. The molecule has 2 aliphatic rings. The van der Waals surface area contributed by atoms with Gasteiger partial charge in [-0.25, -0.2) is 4.99 Å². The maximum absolute atomic E-state index is 5.26. The van der Waals surface area contributed by atoms with Gasteiger partial charge in [-0.1, -0.05) is 170 Å². The van der Waals surface area contributed by atoms with Crippen LogP contribution in [0.4, 0.5) is 5.69 Å². The van der Waals surface area contributed by atoms with E-state index >= 15 is 0 Å². The molecule has 10 rings (SSSR count). The van der Waals surface area contributed by atoms with Crippen LogP contribution in [0.2, 0.25) is 0 Å². The zero-order valence-corrected chi connectivity index (χ0v) is 25.7. The molecule has 8 aromatic rings. The van der Waals surface area contributed by atoms with Crippen LogP contribution in [0.15, 0.2) is 163 Å². The van der Waals surface area contributed by atoms with Crippen molar-refractivity contribution in [1.29, 1.82) is 0 Å². The molecule has 0 amide bonds. The van der Waals surface area contributed by atoms with Gasteiger partial charge in [-0.15, -0.1) is 0 Å². The minimum atomic E-state index is 0.174. The number of fused-ring (bicyclic) bond motifs is 9. The van der Waals surface area contributed by atoms with Crippen molar-refractivity contribution in [2.24, 2.45) is 4.99 Å². The van der Waals surface area contributed by atoms with Crippen LogP contribution in [-0.2, 0) is 0 Å². The predicted octanol–water partition coefficient (Wildman–Crippen LogP) is 11.0. The average molecular weight is 596 g/mol. The Morgan fingerprint density at radius 3 is 1.70 bits per heavy atom. The Morgan fingerprint density at radius 1 is 0.447 bits per heavy atom. The van der Waals surface area contributed by atoms with Gasteiger partial charge in [-0.2, -0.15) is 0 Å². The molecule has 0 saturated heterocycles. The number of rotatable bonds is 3. The van der Waals surface area contributed by atoms with Crippen molar-refractivity contribution in [2.45, 2.75) is 5.92 Å². The molecule has 1 aliphatic heterocycles. The maximum atomic E-state index is 5.26. The molecule has 1 unspecified atom stereocenters. The van der Waals surface area contributed by atoms with Crippen LogP contribution in [0.3, 0.4) is 0 Å². The fraction of sp³-hybridized carbons (Fsp3) is 0.0217. The SMILES string of the molecule is C1=CC(c2ccc(-c3c4ccccc4c(-c4ccccc4)c4ccccc34)cc2)C=c2c1ccc1c2=Nc2c-1ccc1ccccc21. The third-order valence-electron chi connectivity index (χ3n) is 10.1. The summed E-state index contributed by atoms with van der Waals surface area (Å²) in [6, 6.07) is 55.2. The number of benzene rings is 8. The first-order chi connectivity index (χ1) is 23.3. The van der Waals surface area contributed by atoms with Gasteiger partial charge in [0.25, 0.3) is 0 Å². The first-order valence-electron chi connectivity index (χ1n) is 16.3. The number of hydrogen-bond donors (Lipinski definition) is 0. The highest BCUT2D eigenvalue weighted by Gasteiger charge is 2.21. The lowest BCUT2D eigenvalue weighted by molar-refractivity contribution is 1.13. The van der Waals surface area contributed by atoms with Crippen molar-refractivity contribution in [2.75, 3.05) is 0 Å². The number of hydrogen-bond acceptors (Lipinski definition) is 1. The Bertz CT molecular complexity index is 2660. The predicted molar refractivity (Wildman–Crippen MR) is 198 cm³/mol. The van der Waals surface area contributed by atoms with Gasteiger partial charge >= 0.3 is 0 Å². The lowest BCUT2D eigenvalue weighted by atomic mass is 9.85. The van der Waals surface area contributed by atoms with Crippen molar-refractivity contribution in [1.82, 2.24) is 0 Å². The Morgan fingerprint density at radius 2 is 1.02 bits per heavy atom. The molecule has 1 heteroatoms. The minimum absolute atomic E-state index is 0.174. The summed E-state index contributed by atoms with van der Waals surface area (Å²) in [5.74, 6) is 0.174. The molecular weight excluding hydrogens is 567 g/mol. The van der Waals surface area contributed by atoms with E-state index in [1.807, 2.05) is 0 Å². The van der Waals surface area contributed by atoms with Crippen molar-refractivity contribution in [3.05, 3.63) is 179 Å². The molecule has 0 fully saturated rings. The molecule has 47 heavy (non-hydrogen) atoms. The van der Waals surface area contributed by atoms with Crippen LogP contribution in [-0.4, -0.2) is 0 Å². The van der Waals surface area contributed by atoms with Crippen LogP contribution in [0.5, 0.6) is 0 Å². The number of allylic oxidation sites excluding steroid dienone is 1. The Labute approximate surface area is 273 Å². The molecule has 1 aliphatic carbocycles. The van der Waals surface area contributed by atoms with Crippen LogP contribution in [0.1, 0.15) is 17.0 Å². The normalized spacial score (nSPS) is 14.4. The molecule has 0 bridgehead atoms. The summed E-state index contributed by atoms with van der Waals surface area (Å²) in [5, 5.41) is 9.88. The Hall–Kier alpha value is -6.05. The fourth-order valence-corrected chi connectivity index (χ4v) is 7.86. The molecule has 0 N–H and O–H groups in total. The lowest BCUT2D eigenvalue weighted by Gasteiger charge is -2.18. The molecular formula is C46H29N. The van der Waals surface area contributed by atoms with E-state index in [1.165, 1.54) is 82.0 Å². The summed E-state index contributed by atoms with van der Waals surface area (Å²) in [6.07, 6.45) is 7.00. The Balaban J connectivity index is 1.10. The van der Waals surface area contributed by atoms with Crippen molar-refractivity contribution >= 4 is 50.2 Å². The molecule has 0 saturated carbocycles. The van der Waals surface area contributed by atoms with Gasteiger partial charge in [0.2, 0.25) is 0 Å². The standard InChI is InChI=1S/C46H29N/c1-2-11-32(12-3-1)43-36-14-6-8-16-38(36)44(39-17-9-7-15-37(39)43)33-21-18-29(19-22-33)34-23-20-31-25-27-41-40-26-24-30-10-4-5-13-35(30)45(40)47-46(41)42(31)28-34/h1-28,34H. The first kappa shape index (κ1) is 26.2. The third kappa shape index (κ3) is 4.00. The molecule has 1 nitrogen and oxygen atoms in total. The summed E-state index contributed by atoms with van der Waals surface area (Å²) in [4.78, 5) is 5.26. The van der Waals surface area contributed by atoms with E-state index in [1.54, 1.807) is 0 Å². The smallest absolute Gasteiger partial charge is 0.0794 e. The zero-order valence-electron chi connectivity index (χ0n) is 25.7. The Kier molecular flexibility index (Phi) is 5.70. The molecule has 0 radical (unpaired) electrons. The van der Waals surface area contributed by atoms with Crippen molar-refractivity contribution in [3.8, 4) is 33.4 Å². The van der Waals surface area contributed by atoms with Crippen LogP contribution in [0, 0.1) is 0 Å². The zero-order chi connectivity index (χ0) is 30.9. The summed E-state index contributed by atoms with van der Waals surface area (Å²) in [7, 11) is 0. The van der Waals surface area contributed by atoms with Gasteiger partial charge in [0.05, 0.1) is 11.0 Å². The third-order valence-corrected chi connectivity index (χ3v) is 10.1. The second-order valence-electron chi connectivity index (χ2n) is 12.6. The van der Waals surface area contributed by atoms with E-state index < -0.39 is 0 Å². The van der Waals surface area contributed by atoms with E-state index in [0.29, 0.717) is 0 Å². The average Bonchev–Trinajstić information content (AvgIpc) is 3.54. The lowest BCUT2D eigenvalue weighted by Crippen LogP contribution is -2.30. The van der Waals surface area contributed by atoms with Gasteiger partial charge in [-0.05, 0) is 60.3 Å². The molecule has 218 valence electrons. The van der Waals surface area contributed by atoms with Gasteiger partial charge < -0.3 is 0 Å². The van der Waals surface area contributed by atoms with E-state index in [0.717, 1.165) is 11.0 Å². The highest BCUT2D eigenvalue weighted by molar-refractivity contribution is 6.21. The molecule has 1 heterocycles. The highest BCUT2D eigenvalue weighted by Crippen LogP contribution is 2.44. The fourth-order valence-electron chi connectivity index (χ4n) is 7.86. The summed E-state index contributed by atoms with van der Waals surface area (Å²) < 4.78 is 0. The summed E-state index contributed by atoms with van der Waals surface area (Å²) >= 11 is 0. The van der Waals surface area contributed by atoms with Gasteiger partial charge in [-0.3, -0.25) is 0 Å². The van der Waals surface area contributed by atoms with Crippen molar-refractivity contribution < 1.29 is 0 Å². The van der Waals surface area contributed by atoms with Gasteiger partial charge in [0.15, 0.2) is 0 Å². The molecule has 1 atom stereocenters.